The molecule has 0 aliphatic rings. The summed E-state index contributed by atoms with van der Waals surface area (Å²) in [5.74, 6) is 0.0505. The van der Waals surface area contributed by atoms with Crippen LogP contribution < -0.4 is 5.32 Å². The molecule has 0 aliphatic carbocycles. The standard InChI is InChI=1S/C36H65NO9S/c1-35(2,3)31(39)17-13-9-7-11-15-25-47-26-16-12-8-10-14-18-32(40)37-21-22-44-23-24-45-28-30(38)27-29(19-20-33(41)42)34(43)46-36(4,5)6/h29H,7-28H2,1-6H3,(H,37,40)(H,41,42). The predicted molar refractivity (Wildman–Crippen MR) is 188 cm³/mol. The van der Waals surface area contributed by atoms with Gasteiger partial charge in [-0.2, -0.15) is 11.8 Å². The number of carbonyl (C=O) groups is 5. The number of aliphatic carboxylic acids is 1. The number of hydrogen-bond acceptors (Lipinski definition) is 9. The largest absolute Gasteiger partial charge is 0.481 e. The molecule has 47 heavy (non-hydrogen) atoms. The third-order valence-corrected chi connectivity index (χ3v) is 8.50. The molecule has 1 amide bonds. The van der Waals surface area contributed by atoms with Gasteiger partial charge in [0.25, 0.3) is 0 Å². The van der Waals surface area contributed by atoms with E-state index in [2.05, 4.69) is 5.32 Å². The number of amides is 1. The lowest BCUT2D eigenvalue weighted by Gasteiger charge is -2.23. The van der Waals surface area contributed by atoms with Crippen molar-refractivity contribution < 1.29 is 43.3 Å². The van der Waals surface area contributed by atoms with Gasteiger partial charge in [-0.05, 0) is 64.4 Å². The van der Waals surface area contributed by atoms with E-state index < -0.39 is 23.5 Å². The summed E-state index contributed by atoms with van der Waals surface area (Å²) in [4.78, 5) is 59.5. The number of esters is 1. The molecule has 1 atom stereocenters. The lowest BCUT2D eigenvalue weighted by Crippen LogP contribution is -2.31. The minimum Gasteiger partial charge on any atom is -0.481 e. The molecule has 11 heteroatoms. The molecule has 0 aromatic carbocycles. The fourth-order valence-electron chi connectivity index (χ4n) is 4.59. The number of unbranched alkanes of at least 4 members (excludes halogenated alkanes) is 8. The number of ether oxygens (including phenoxy) is 3. The number of hydrogen-bond donors (Lipinski definition) is 2. The highest BCUT2D eigenvalue weighted by molar-refractivity contribution is 7.99. The van der Waals surface area contributed by atoms with Gasteiger partial charge >= 0.3 is 11.9 Å². The number of rotatable bonds is 30. The first-order chi connectivity index (χ1) is 22.1. The predicted octanol–water partition coefficient (Wildman–Crippen LogP) is 6.95. The van der Waals surface area contributed by atoms with Crippen LogP contribution in [0.25, 0.3) is 0 Å². The van der Waals surface area contributed by atoms with Crippen molar-refractivity contribution in [3.63, 3.8) is 0 Å². The lowest BCUT2D eigenvalue weighted by atomic mass is 9.88. The zero-order valence-electron chi connectivity index (χ0n) is 30.3. The number of Topliss-reactive ketones (excluding diaryl/α,β-unsaturated/α-hetero) is 2. The molecule has 0 spiro atoms. The van der Waals surface area contributed by atoms with E-state index in [4.69, 9.17) is 19.3 Å². The summed E-state index contributed by atoms with van der Waals surface area (Å²) in [7, 11) is 0. The fourth-order valence-corrected chi connectivity index (χ4v) is 5.61. The summed E-state index contributed by atoms with van der Waals surface area (Å²) < 4.78 is 16.1. The number of carboxylic acids is 1. The Balaban J connectivity index is 3.63. The topological polar surface area (TPSA) is 145 Å². The minimum absolute atomic E-state index is 0.0224. The molecule has 0 fully saturated rings. The van der Waals surface area contributed by atoms with Gasteiger partial charge in [-0.1, -0.05) is 59.3 Å². The first-order valence-electron chi connectivity index (χ1n) is 17.6. The van der Waals surface area contributed by atoms with Crippen LogP contribution in [0.1, 0.15) is 138 Å². The SMILES string of the molecule is CC(C)(C)OC(=O)C(CCC(=O)O)CC(=O)COCCOCCNC(=O)CCCCCCCSCCCCCCCC(=O)C(C)(C)C. The smallest absolute Gasteiger partial charge is 0.309 e. The maximum atomic E-state index is 12.4. The van der Waals surface area contributed by atoms with Crippen molar-refractivity contribution in [1.29, 1.82) is 0 Å². The summed E-state index contributed by atoms with van der Waals surface area (Å²) in [6, 6.07) is 0. The van der Waals surface area contributed by atoms with Gasteiger partial charge in [0.2, 0.25) is 5.91 Å². The number of carbonyl (C=O) groups excluding carboxylic acids is 4. The fraction of sp³-hybridized carbons (Fsp3) is 0.861. The summed E-state index contributed by atoms with van der Waals surface area (Å²) in [6.07, 6.45) is 12.3. The van der Waals surface area contributed by atoms with Crippen molar-refractivity contribution in [2.75, 3.05) is 44.5 Å². The van der Waals surface area contributed by atoms with E-state index in [1.807, 2.05) is 32.5 Å². The van der Waals surface area contributed by atoms with Crippen LogP contribution in [0.15, 0.2) is 0 Å². The molecule has 0 heterocycles. The Labute approximate surface area is 288 Å². The Morgan fingerprint density at radius 1 is 0.702 bits per heavy atom. The van der Waals surface area contributed by atoms with Gasteiger partial charge in [-0.15, -0.1) is 0 Å². The first-order valence-corrected chi connectivity index (χ1v) is 18.8. The normalized spacial score (nSPS) is 12.5. The second-order valence-electron chi connectivity index (χ2n) is 14.2. The van der Waals surface area contributed by atoms with Gasteiger partial charge in [0.15, 0.2) is 5.78 Å². The third-order valence-electron chi connectivity index (χ3n) is 7.35. The molecule has 1 unspecified atom stereocenters. The van der Waals surface area contributed by atoms with Gasteiger partial charge in [0, 0.05) is 37.6 Å². The van der Waals surface area contributed by atoms with Crippen LogP contribution in [-0.4, -0.2) is 84.6 Å². The second-order valence-corrected chi connectivity index (χ2v) is 15.5. The molecule has 0 bridgehead atoms. The van der Waals surface area contributed by atoms with Crippen LogP contribution in [-0.2, 0) is 38.2 Å². The molecule has 0 rings (SSSR count). The van der Waals surface area contributed by atoms with Gasteiger partial charge in [0.05, 0.1) is 25.7 Å². The van der Waals surface area contributed by atoms with E-state index in [-0.39, 0.29) is 56.2 Å². The van der Waals surface area contributed by atoms with Crippen LogP contribution >= 0.6 is 11.8 Å². The highest BCUT2D eigenvalue weighted by Gasteiger charge is 2.28. The molecule has 0 saturated heterocycles. The van der Waals surface area contributed by atoms with Crippen molar-refractivity contribution in [1.82, 2.24) is 5.32 Å². The average Bonchev–Trinajstić information content (AvgIpc) is 2.96. The number of nitrogens with one attached hydrogen (secondary N) is 1. The summed E-state index contributed by atoms with van der Waals surface area (Å²) in [5, 5.41) is 11.8. The van der Waals surface area contributed by atoms with Crippen LogP contribution in [0.4, 0.5) is 0 Å². The monoisotopic (exact) mass is 687 g/mol. The maximum Gasteiger partial charge on any atom is 0.309 e. The van der Waals surface area contributed by atoms with E-state index >= 15 is 0 Å². The van der Waals surface area contributed by atoms with Crippen molar-refractivity contribution in [3.8, 4) is 0 Å². The minimum atomic E-state index is -1.04. The van der Waals surface area contributed by atoms with Crippen molar-refractivity contribution >= 4 is 41.2 Å². The average molecular weight is 688 g/mol. The molecular formula is C36H65NO9S. The third kappa shape index (κ3) is 29.9. The van der Waals surface area contributed by atoms with E-state index in [1.54, 1.807) is 20.8 Å². The van der Waals surface area contributed by atoms with Gasteiger partial charge in [0.1, 0.15) is 18.0 Å². The molecule has 0 aromatic heterocycles. The molecule has 0 radical (unpaired) electrons. The van der Waals surface area contributed by atoms with Gasteiger partial charge < -0.3 is 24.6 Å². The molecule has 0 saturated carbocycles. The zero-order valence-corrected chi connectivity index (χ0v) is 31.1. The highest BCUT2D eigenvalue weighted by Crippen LogP contribution is 2.20. The highest BCUT2D eigenvalue weighted by atomic mass is 32.2. The Kier molecular flexibility index (Phi) is 25.8. The maximum absolute atomic E-state index is 12.4. The van der Waals surface area contributed by atoms with Crippen LogP contribution in [0.5, 0.6) is 0 Å². The van der Waals surface area contributed by atoms with Crippen molar-refractivity contribution in [2.24, 2.45) is 11.3 Å². The van der Waals surface area contributed by atoms with Crippen molar-refractivity contribution in [3.05, 3.63) is 0 Å². The van der Waals surface area contributed by atoms with E-state index in [0.29, 0.717) is 31.8 Å². The summed E-state index contributed by atoms with van der Waals surface area (Å²) >= 11 is 2.03. The number of ketones is 2. The quantitative estimate of drug-likeness (QED) is 0.0601. The Morgan fingerprint density at radius 3 is 1.83 bits per heavy atom. The zero-order chi connectivity index (χ0) is 35.6. The lowest BCUT2D eigenvalue weighted by molar-refractivity contribution is -0.162. The summed E-state index contributed by atoms with van der Waals surface area (Å²) in [6.45, 7) is 12.1. The van der Waals surface area contributed by atoms with Crippen LogP contribution in [0.3, 0.4) is 0 Å². The van der Waals surface area contributed by atoms with E-state index in [9.17, 15) is 24.0 Å². The number of carboxylic acid groups (broad SMARTS) is 1. The van der Waals surface area contributed by atoms with E-state index in [0.717, 1.165) is 32.1 Å². The van der Waals surface area contributed by atoms with Gasteiger partial charge in [-0.3, -0.25) is 24.0 Å². The first kappa shape index (κ1) is 45.0. The van der Waals surface area contributed by atoms with Crippen molar-refractivity contribution in [2.45, 2.75) is 143 Å². The second kappa shape index (κ2) is 26.9. The molecule has 2 N–H and O–H groups in total. The van der Waals surface area contributed by atoms with Crippen LogP contribution in [0, 0.1) is 11.3 Å². The molecule has 274 valence electrons. The molecule has 0 aromatic rings. The number of thioether (sulfide) groups is 1. The Hall–Kier alpha value is -1.98. The molecule has 10 nitrogen and oxygen atoms in total. The van der Waals surface area contributed by atoms with E-state index in [1.165, 1.54) is 43.6 Å². The Morgan fingerprint density at radius 2 is 1.26 bits per heavy atom. The summed E-state index contributed by atoms with van der Waals surface area (Å²) in [5.41, 5.74) is -0.934. The van der Waals surface area contributed by atoms with Crippen LogP contribution in [0.2, 0.25) is 0 Å². The molecular weight excluding hydrogens is 622 g/mol. The Bertz CT molecular complexity index is 896. The van der Waals surface area contributed by atoms with Gasteiger partial charge in [-0.25, -0.2) is 0 Å². The molecule has 0 aliphatic heterocycles.